The van der Waals surface area contributed by atoms with E-state index in [-0.39, 0.29) is 5.56 Å². The van der Waals surface area contributed by atoms with Gasteiger partial charge in [-0.1, -0.05) is 42.0 Å². The van der Waals surface area contributed by atoms with Gasteiger partial charge in [-0.2, -0.15) is 0 Å². The number of hydrazine groups is 1. The standard InChI is InChI=1S/C17H16N4O/c1-11-6-8-12(9-7-11)15(21-18)10-16-17(22)20-14-5-3-2-4-13(14)19-16/h2-10,21H,18H2,1H3,(H,20,22). The van der Waals surface area contributed by atoms with Crippen molar-refractivity contribution in [2.45, 2.75) is 6.92 Å². The summed E-state index contributed by atoms with van der Waals surface area (Å²) in [5, 5.41) is 0. The number of nitrogens with two attached hydrogens (primary N) is 1. The van der Waals surface area contributed by atoms with Gasteiger partial charge < -0.3 is 10.4 Å². The summed E-state index contributed by atoms with van der Waals surface area (Å²) in [6.45, 7) is 2.01. The Labute approximate surface area is 127 Å². The summed E-state index contributed by atoms with van der Waals surface area (Å²) >= 11 is 0. The molecular formula is C17H16N4O. The van der Waals surface area contributed by atoms with Gasteiger partial charge in [-0.15, -0.1) is 0 Å². The maximum Gasteiger partial charge on any atom is 0.274 e. The number of aromatic nitrogens is 2. The first-order chi connectivity index (χ1) is 10.7. The number of benzene rings is 2. The van der Waals surface area contributed by atoms with Crippen molar-refractivity contribution in [2.75, 3.05) is 0 Å². The molecule has 3 aromatic rings. The lowest BCUT2D eigenvalue weighted by Gasteiger charge is -2.07. The summed E-state index contributed by atoms with van der Waals surface area (Å²) in [5.41, 5.74) is 6.81. The number of nitrogens with one attached hydrogen (secondary N) is 2. The van der Waals surface area contributed by atoms with Crippen LogP contribution < -0.4 is 16.8 Å². The van der Waals surface area contributed by atoms with Crippen LogP contribution in [0.25, 0.3) is 22.8 Å². The monoisotopic (exact) mass is 292 g/mol. The van der Waals surface area contributed by atoms with Crippen molar-refractivity contribution in [3.05, 3.63) is 75.7 Å². The summed E-state index contributed by atoms with van der Waals surface area (Å²) in [7, 11) is 0. The van der Waals surface area contributed by atoms with Crippen molar-refractivity contribution < 1.29 is 0 Å². The smallest absolute Gasteiger partial charge is 0.274 e. The minimum absolute atomic E-state index is 0.251. The average Bonchev–Trinajstić information content (AvgIpc) is 2.54. The highest BCUT2D eigenvalue weighted by Gasteiger charge is 2.05. The second kappa shape index (κ2) is 5.83. The van der Waals surface area contributed by atoms with Gasteiger partial charge in [-0.05, 0) is 30.7 Å². The molecule has 5 heteroatoms. The Morgan fingerprint density at radius 3 is 2.64 bits per heavy atom. The van der Waals surface area contributed by atoms with Crippen LogP contribution in [0, 0.1) is 6.92 Å². The van der Waals surface area contributed by atoms with Crippen LogP contribution >= 0.6 is 0 Å². The van der Waals surface area contributed by atoms with Gasteiger partial charge in [0, 0.05) is 0 Å². The molecular weight excluding hydrogens is 276 g/mol. The fraction of sp³-hybridized carbons (Fsp3) is 0.0588. The van der Waals surface area contributed by atoms with Crippen molar-refractivity contribution >= 4 is 22.8 Å². The number of nitrogens with zero attached hydrogens (tertiary/aromatic N) is 1. The topological polar surface area (TPSA) is 83.8 Å². The van der Waals surface area contributed by atoms with Crippen molar-refractivity contribution in [1.29, 1.82) is 0 Å². The molecule has 0 saturated carbocycles. The second-order valence-electron chi connectivity index (χ2n) is 5.04. The molecule has 0 spiro atoms. The van der Waals surface area contributed by atoms with Crippen LogP contribution in [0.1, 0.15) is 16.8 Å². The van der Waals surface area contributed by atoms with Crippen LogP contribution in [-0.2, 0) is 0 Å². The Kier molecular flexibility index (Phi) is 3.72. The highest BCUT2D eigenvalue weighted by Crippen LogP contribution is 2.15. The fourth-order valence-corrected chi connectivity index (χ4v) is 2.22. The van der Waals surface area contributed by atoms with Crippen molar-refractivity contribution in [1.82, 2.24) is 15.4 Å². The zero-order valence-electron chi connectivity index (χ0n) is 12.1. The summed E-state index contributed by atoms with van der Waals surface area (Å²) < 4.78 is 0. The van der Waals surface area contributed by atoms with Crippen LogP contribution in [0.15, 0.2) is 53.3 Å². The minimum atomic E-state index is -0.251. The molecule has 0 atom stereocenters. The molecule has 0 unspecified atom stereocenters. The van der Waals surface area contributed by atoms with E-state index in [1.165, 1.54) is 0 Å². The first kappa shape index (κ1) is 14.0. The van der Waals surface area contributed by atoms with Gasteiger partial charge in [0.2, 0.25) is 0 Å². The van der Waals surface area contributed by atoms with Crippen LogP contribution in [-0.4, -0.2) is 9.97 Å². The molecule has 0 aliphatic heterocycles. The van der Waals surface area contributed by atoms with E-state index in [9.17, 15) is 4.79 Å². The van der Waals surface area contributed by atoms with Crippen LogP contribution in [0.3, 0.4) is 0 Å². The van der Waals surface area contributed by atoms with Crippen molar-refractivity contribution in [2.24, 2.45) is 5.84 Å². The molecule has 0 radical (unpaired) electrons. The lowest BCUT2D eigenvalue weighted by Crippen LogP contribution is -2.21. The number of rotatable bonds is 3. The van der Waals surface area contributed by atoms with Crippen LogP contribution in [0.5, 0.6) is 0 Å². The lowest BCUT2D eigenvalue weighted by molar-refractivity contribution is 0.995. The van der Waals surface area contributed by atoms with Crippen molar-refractivity contribution in [3.63, 3.8) is 0 Å². The molecule has 5 nitrogen and oxygen atoms in total. The number of aryl methyl sites for hydroxylation is 1. The molecule has 2 aromatic carbocycles. The van der Waals surface area contributed by atoms with E-state index in [0.29, 0.717) is 16.9 Å². The lowest BCUT2D eigenvalue weighted by atomic mass is 10.1. The molecule has 0 bridgehead atoms. The maximum atomic E-state index is 12.1. The second-order valence-corrected chi connectivity index (χ2v) is 5.04. The molecule has 0 saturated heterocycles. The molecule has 1 heterocycles. The van der Waals surface area contributed by atoms with E-state index < -0.39 is 0 Å². The molecule has 0 aliphatic rings. The summed E-state index contributed by atoms with van der Waals surface area (Å²) in [6, 6.07) is 15.3. The Morgan fingerprint density at radius 1 is 1.18 bits per heavy atom. The van der Waals surface area contributed by atoms with Gasteiger partial charge in [0.1, 0.15) is 5.69 Å². The number of aromatic amines is 1. The van der Waals surface area contributed by atoms with Gasteiger partial charge in [0.25, 0.3) is 5.56 Å². The third-order valence-electron chi connectivity index (χ3n) is 3.42. The number of para-hydroxylation sites is 2. The number of H-pyrrole nitrogens is 1. The average molecular weight is 292 g/mol. The molecule has 0 amide bonds. The van der Waals surface area contributed by atoms with Crippen molar-refractivity contribution in [3.8, 4) is 0 Å². The number of hydrogen-bond donors (Lipinski definition) is 3. The Hall–Kier alpha value is -2.92. The normalized spacial score (nSPS) is 11.6. The van der Waals surface area contributed by atoms with E-state index in [1.807, 2.05) is 55.5 Å². The zero-order valence-corrected chi connectivity index (χ0v) is 12.1. The molecule has 3 rings (SSSR count). The van der Waals surface area contributed by atoms with E-state index in [0.717, 1.165) is 16.6 Å². The number of fused-ring (bicyclic) bond motifs is 1. The molecule has 1 aromatic heterocycles. The third kappa shape index (κ3) is 2.75. The van der Waals surface area contributed by atoms with E-state index in [1.54, 1.807) is 6.08 Å². The summed E-state index contributed by atoms with van der Waals surface area (Å²) in [6.07, 6.45) is 1.65. The zero-order chi connectivity index (χ0) is 15.5. The Bertz CT molecular complexity index is 894. The highest BCUT2D eigenvalue weighted by molar-refractivity contribution is 5.81. The number of hydrogen-bond acceptors (Lipinski definition) is 4. The SMILES string of the molecule is Cc1ccc(C(=Cc2nc3ccccc3[nH]c2=O)NN)cc1. The highest BCUT2D eigenvalue weighted by atomic mass is 16.1. The van der Waals surface area contributed by atoms with E-state index in [4.69, 9.17) is 5.84 Å². The molecule has 0 aliphatic carbocycles. The maximum absolute atomic E-state index is 12.1. The summed E-state index contributed by atoms with van der Waals surface area (Å²) in [5.74, 6) is 5.60. The van der Waals surface area contributed by atoms with Gasteiger partial charge in [0.05, 0.1) is 16.7 Å². The Balaban J connectivity index is 2.10. The molecule has 110 valence electrons. The van der Waals surface area contributed by atoms with Gasteiger partial charge in [0.15, 0.2) is 0 Å². The predicted octanol–water partition coefficient (Wildman–Crippen LogP) is 2.19. The van der Waals surface area contributed by atoms with Crippen LogP contribution in [0.4, 0.5) is 0 Å². The first-order valence-electron chi connectivity index (χ1n) is 6.92. The molecule has 22 heavy (non-hydrogen) atoms. The first-order valence-corrected chi connectivity index (χ1v) is 6.92. The fourth-order valence-electron chi connectivity index (χ4n) is 2.22. The molecule has 4 N–H and O–H groups in total. The third-order valence-corrected chi connectivity index (χ3v) is 3.42. The van der Waals surface area contributed by atoms with Gasteiger partial charge in [-0.3, -0.25) is 10.6 Å². The quantitative estimate of drug-likeness (QED) is 0.510. The van der Waals surface area contributed by atoms with Gasteiger partial charge in [-0.25, -0.2) is 4.98 Å². The largest absolute Gasteiger partial charge is 0.323 e. The van der Waals surface area contributed by atoms with Gasteiger partial charge >= 0.3 is 0 Å². The molecule has 0 fully saturated rings. The van der Waals surface area contributed by atoms with E-state index >= 15 is 0 Å². The Morgan fingerprint density at radius 2 is 1.91 bits per heavy atom. The minimum Gasteiger partial charge on any atom is -0.323 e. The van der Waals surface area contributed by atoms with E-state index in [2.05, 4.69) is 15.4 Å². The summed E-state index contributed by atoms with van der Waals surface area (Å²) in [4.78, 5) is 19.3. The predicted molar refractivity (Wildman–Crippen MR) is 88.7 cm³/mol. The van der Waals surface area contributed by atoms with Crippen LogP contribution in [0.2, 0.25) is 0 Å².